The zero-order chi connectivity index (χ0) is 19.9. The van der Waals surface area contributed by atoms with Crippen molar-refractivity contribution >= 4 is 17.7 Å². The van der Waals surface area contributed by atoms with Crippen LogP contribution in [0.3, 0.4) is 0 Å². The Morgan fingerprint density at radius 3 is 2.55 bits per heavy atom. The first-order valence-electron chi connectivity index (χ1n) is 9.88. The molecule has 2 aromatic heterocycles. The molecule has 1 fully saturated rings. The summed E-state index contributed by atoms with van der Waals surface area (Å²) in [5, 5.41) is 0.765. The highest BCUT2D eigenvalue weighted by atomic mass is 32.2. The monoisotopic (exact) mass is 404 g/mol. The maximum Gasteiger partial charge on any atom is 0.256 e. The van der Waals surface area contributed by atoms with Crippen LogP contribution in [0.25, 0.3) is 0 Å². The summed E-state index contributed by atoms with van der Waals surface area (Å²) in [4.78, 5) is 27.3. The van der Waals surface area contributed by atoms with Crippen molar-refractivity contribution in [3.05, 3.63) is 84.3 Å². The molecule has 0 bridgehead atoms. The molecule has 0 N–H and O–H groups in total. The third kappa shape index (κ3) is 5.22. The van der Waals surface area contributed by atoms with Gasteiger partial charge in [0.15, 0.2) is 0 Å². The van der Waals surface area contributed by atoms with Gasteiger partial charge in [0, 0.05) is 56.2 Å². The van der Waals surface area contributed by atoms with E-state index >= 15 is 0 Å². The molecule has 29 heavy (non-hydrogen) atoms. The summed E-state index contributed by atoms with van der Waals surface area (Å²) in [7, 11) is 0. The number of nitrogens with zero attached hydrogens (tertiary/aromatic N) is 4. The van der Waals surface area contributed by atoms with Crippen molar-refractivity contribution < 1.29 is 4.79 Å². The first kappa shape index (κ1) is 19.6. The molecule has 0 unspecified atom stereocenters. The van der Waals surface area contributed by atoms with E-state index in [1.54, 1.807) is 6.20 Å². The predicted octanol–water partition coefficient (Wildman–Crippen LogP) is 3.98. The first-order valence-corrected chi connectivity index (χ1v) is 10.7. The van der Waals surface area contributed by atoms with E-state index in [0.29, 0.717) is 5.56 Å². The van der Waals surface area contributed by atoms with Crippen LogP contribution in [0.5, 0.6) is 0 Å². The van der Waals surface area contributed by atoms with E-state index in [1.807, 2.05) is 59.8 Å². The van der Waals surface area contributed by atoms with E-state index in [0.717, 1.165) is 49.1 Å². The molecule has 1 saturated heterocycles. The van der Waals surface area contributed by atoms with Gasteiger partial charge >= 0.3 is 0 Å². The lowest BCUT2D eigenvalue weighted by Gasteiger charge is -2.22. The van der Waals surface area contributed by atoms with Crippen LogP contribution in [0.15, 0.2) is 83.1 Å². The third-order valence-electron chi connectivity index (χ3n) is 4.99. The summed E-state index contributed by atoms with van der Waals surface area (Å²) in [5.41, 5.74) is 1.94. The first-order chi connectivity index (χ1) is 14.3. The maximum absolute atomic E-state index is 13.3. The van der Waals surface area contributed by atoms with Crippen LogP contribution in [0.1, 0.15) is 22.3 Å². The van der Waals surface area contributed by atoms with E-state index in [9.17, 15) is 4.79 Å². The second kappa shape index (κ2) is 9.67. The number of pyridine rings is 2. The van der Waals surface area contributed by atoms with E-state index < -0.39 is 0 Å². The summed E-state index contributed by atoms with van der Waals surface area (Å²) in [5.74, 6) is 0.0716. The van der Waals surface area contributed by atoms with Crippen molar-refractivity contribution in [2.24, 2.45) is 0 Å². The molecule has 3 aromatic rings. The zero-order valence-electron chi connectivity index (χ0n) is 16.3. The minimum Gasteiger partial charge on any atom is -0.337 e. The van der Waals surface area contributed by atoms with Crippen LogP contribution in [0.4, 0.5) is 0 Å². The Kier molecular flexibility index (Phi) is 6.54. The van der Waals surface area contributed by atoms with Gasteiger partial charge in [-0.1, -0.05) is 30.0 Å². The number of rotatable bonds is 5. The number of aromatic nitrogens is 2. The van der Waals surface area contributed by atoms with Crippen LogP contribution in [-0.4, -0.2) is 51.9 Å². The molecule has 0 saturated carbocycles. The molecular formula is C23H24N4OS. The highest BCUT2D eigenvalue weighted by Crippen LogP contribution is 2.29. The third-order valence-corrected chi connectivity index (χ3v) is 6.02. The van der Waals surface area contributed by atoms with E-state index in [1.165, 1.54) is 17.3 Å². The molecular weight excluding hydrogens is 380 g/mol. The fourth-order valence-electron chi connectivity index (χ4n) is 3.48. The molecule has 148 valence electrons. The summed E-state index contributed by atoms with van der Waals surface area (Å²) in [6.45, 7) is 4.26. The lowest BCUT2D eigenvalue weighted by atomic mass is 10.2. The molecule has 5 nitrogen and oxygen atoms in total. The van der Waals surface area contributed by atoms with Crippen LogP contribution in [0, 0.1) is 0 Å². The number of hydrogen-bond donors (Lipinski definition) is 0. The highest BCUT2D eigenvalue weighted by Gasteiger charge is 2.23. The zero-order valence-corrected chi connectivity index (χ0v) is 17.1. The summed E-state index contributed by atoms with van der Waals surface area (Å²) < 4.78 is 0. The van der Waals surface area contributed by atoms with Gasteiger partial charge in [-0.2, -0.15) is 0 Å². The summed E-state index contributed by atoms with van der Waals surface area (Å²) in [6.07, 6.45) is 6.38. The average molecular weight is 405 g/mol. The van der Waals surface area contributed by atoms with Crippen molar-refractivity contribution in [3.8, 4) is 0 Å². The molecule has 1 aliphatic rings. The normalized spacial score (nSPS) is 15.1. The van der Waals surface area contributed by atoms with Crippen molar-refractivity contribution in [2.45, 2.75) is 22.9 Å². The Labute approximate surface area is 175 Å². The Balaban J connectivity index is 1.43. The minimum atomic E-state index is 0.0716. The molecule has 1 aliphatic heterocycles. The van der Waals surface area contributed by atoms with Gasteiger partial charge < -0.3 is 4.90 Å². The van der Waals surface area contributed by atoms with E-state index in [4.69, 9.17) is 0 Å². The minimum absolute atomic E-state index is 0.0716. The molecule has 0 radical (unpaired) electrons. The summed E-state index contributed by atoms with van der Waals surface area (Å²) in [6, 6.07) is 17.9. The van der Waals surface area contributed by atoms with E-state index in [2.05, 4.69) is 27.0 Å². The average Bonchev–Trinajstić information content (AvgIpc) is 3.01. The SMILES string of the molecule is O=C(c1cccnc1Sc1ccccc1)N1CCCN(Cc2ccncc2)CC1. The van der Waals surface area contributed by atoms with Gasteiger partial charge in [0.25, 0.3) is 5.91 Å². The standard InChI is InChI=1S/C23H24N4OS/c28-23(21-8-4-11-25-22(21)29-20-6-2-1-3-7-20)27-15-5-14-26(16-17-27)18-19-9-12-24-13-10-19/h1-4,6-13H,5,14-18H2. The molecule has 1 aromatic carbocycles. The topological polar surface area (TPSA) is 49.3 Å². The van der Waals surface area contributed by atoms with Crippen LogP contribution >= 0.6 is 11.8 Å². The molecule has 4 rings (SSSR count). The molecule has 0 spiro atoms. The molecule has 3 heterocycles. The van der Waals surface area contributed by atoms with Crippen molar-refractivity contribution in [2.75, 3.05) is 26.2 Å². The van der Waals surface area contributed by atoms with Gasteiger partial charge in [0.2, 0.25) is 0 Å². The van der Waals surface area contributed by atoms with Gasteiger partial charge in [0.1, 0.15) is 5.03 Å². The van der Waals surface area contributed by atoms with Gasteiger partial charge in [-0.3, -0.25) is 14.7 Å². The largest absolute Gasteiger partial charge is 0.337 e. The smallest absolute Gasteiger partial charge is 0.256 e. The molecule has 0 atom stereocenters. The number of carbonyl (C=O) groups excluding carboxylic acids is 1. The second-order valence-electron chi connectivity index (χ2n) is 7.05. The summed E-state index contributed by atoms with van der Waals surface area (Å²) >= 11 is 1.54. The Morgan fingerprint density at radius 1 is 0.897 bits per heavy atom. The number of benzene rings is 1. The lowest BCUT2D eigenvalue weighted by molar-refractivity contribution is 0.0757. The van der Waals surface area contributed by atoms with Crippen molar-refractivity contribution in [1.82, 2.24) is 19.8 Å². The van der Waals surface area contributed by atoms with Gasteiger partial charge in [-0.05, 0) is 48.4 Å². The fourth-order valence-corrected chi connectivity index (χ4v) is 4.38. The van der Waals surface area contributed by atoms with E-state index in [-0.39, 0.29) is 5.91 Å². The van der Waals surface area contributed by atoms with Crippen LogP contribution in [-0.2, 0) is 6.54 Å². The van der Waals surface area contributed by atoms with Gasteiger partial charge in [-0.25, -0.2) is 4.98 Å². The highest BCUT2D eigenvalue weighted by molar-refractivity contribution is 7.99. The van der Waals surface area contributed by atoms with Crippen LogP contribution in [0.2, 0.25) is 0 Å². The van der Waals surface area contributed by atoms with Crippen LogP contribution < -0.4 is 0 Å². The Morgan fingerprint density at radius 2 is 1.72 bits per heavy atom. The second-order valence-corrected chi connectivity index (χ2v) is 8.11. The number of carbonyl (C=O) groups is 1. The quantitative estimate of drug-likeness (QED) is 0.644. The fraction of sp³-hybridized carbons (Fsp3) is 0.261. The predicted molar refractivity (Wildman–Crippen MR) is 115 cm³/mol. The number of amides is 1. The lowest BCUT2D eigenvalue weighted by Crippen LogP contribution is -2.35. The molecule has 0 aliphatic carbocycles. The Bertz CT molecular complexity index is 936. The van der Waals surface area contributed by atoms with Crippen molar-refractivity contribution in [3.63, 3.8) is 0 Å². The van der Waals surface area contributed by atoms with Gasteiger partial charge in [-0.15, -0.1) is 0 Å². The molecule has 1 amide bonds. The van der Waals surface area contributed by atoms with Crippen molar-refractivity contribution in [1.29, 1.82) is 0 Å². The van der Waals surface area contributed by atoms with Gasteiger partial charge in [0.05, 0.1) is 5.56 Å². The molecule has 6 heteroatoms. The Hall–Kier alpha value is -2.70. The number of hydrogen-bond acceptors (Lipinski definition) is 5. The maximum atomic E-state index is 13.3.